The summed E-state index contributed by atoms with van der Waals surface area (Å²) < 4.78 is 16.1. The summed E-state index contributed by atoms with van der Waals surface area (Å²) >= 11 is 1.25. The number of hydrogen-bond donors (Lipinski definition) is 1. The van der Waals surface area contributed by atoms with Crippen molar-refractivity contribution in [2.75, 3.05) is 5.32 Å². The molecule has 0 atom stereocenters. The number of halogens is 1. The highest BCUT2D eigenvalue weighted by Crippen LogP contribution is 2.27. The number of nitrogens with one attached hydrogen (secondary N) is 1. The zero-order valence-corrected chi connectivity index (χ0v) is 15.1. The topological polar surface area (TPSA) is 46.9 Å². The lowest BCUT2D eigenvalue weighted by molar-refractivity contribution is 0.102. The van der Waals surface area contributed by atoms with Crippen LogP contribution < -0.4 is 5.32 Å². The third kappa shape index (κ3) is 2.99. The van der Waals surface area contributed by atoms with E-state index in [2.05, 4.69) is 27.0 Å². The summed E-state index contributed by atoms with van der Waals surface area (Å²) in [5, 5.41) is 3.24. The van der Waals surface area contributed by atoms with E-state index in [1.54, 1.807) is 18.2 Å². The van der Waals surface area contributed by atoms with Crippen molar-refractivity contribution in [2.45, 2.75) is 13.8 Å². The van der Waals surface area contributed by atoms with Crippen LogP contribution in [0.2, 0.25) is 0 Å². The van der Waals surface area contributed by atoms with Crippen LogP contribution in [-0.4, -0.2) is 15.5 Å². The third-order valence-electron chi connectivity index (χ3n) is 4.23. The maximum absolute atomic E-state index is 13.3. The first-order valence-corrected chi connectivity index (χ1v) is 8.96. The molecule has 2 aromatic heterocycles. The molecule has 1 N–H and O–H groups in total. The van der Waals surface area contributed by atoms with Crippen molar-refractivity contribution in [1.82, 2.24) is 9.55 Å². The number of anilines is 1. The summed E-state index contributed by atoms with van der Waals surface area (Å²) in [6.45, 7) is 4.09. The summed E-state index contributed by atoms with van der Waals surface area (Å²) in [6.07, 6.45) is 0. The lowest BCUT2D eigenvalue weighted by Gasteiger charge is -2.10. The number of amides is 1. The smallest absolute Gasteiger partial charge is 0.257 e. The van der Waals surface area contributed by atoms with Gasteiger partial charge in [0, 0.05) is 22.6 Å². The Bertz CT molecular complexity index is 1090. The molecule has 26 heavy (non-hydrogen) atoms. The Morgan fingerprint density at radius 2 is 1.73 bits per heavy atom. The highest BCUT2D eigenvalue weighted by Gasteiger charge is 2.11. The number of rotatable bonds is 3. The summed E-state index contributed by atoms with van der Waals surface area (Å²) in [6, 6.07) is 15.9. The molecule has 0 aliphatic carbocycles. The van der Waals surface area contributed by atoms with Crippen LogP contribution in [0.5, 0.6) is 0 Å². The summed E-state index contributed by atoms with van der Waals surface area (Å²) in [5.41, 5.74) is 4.50. The van der Waals surface area contributed by atoms with E-state index in [4.69, 9.17) is 0 Å². The van der Waals surface area contributed by atoms with E-state index in [9.17, 15) is 9.18 Å². The van der Waals surface area contributed by atoms with Gasteiger partial charge in [-0.1, -0.05) is 11.3 Å². The highest BCUT2D eigenvalue weighted by atomic mass is 32.1. The van der Waals surface area contributed by atoms with E-state index in [0.29, 0.717) is 20.9 Å². The molecule has 4 rings (SSSR count). The predicted molar refractivity (Wildman–Crippen MR) is 103 cm³/mol. The van der Waals surface area contributed by atoms with Crippen LogP contribution in [0, 0.1) is 19.7 Å². The molecule has 0 bridgehead atoms. The Morgan fingerprint density at radius 1 is 1.04 bits per heavy atom. The van der Waals surface area contributed by atoms with Crippen LogP contribution in [0.4, 0.5) is 9.52 Å². The Balaban J connectivity index is 1.56. The van der Waals surface area contributed by atoms with Crippen molar-refractivity contribution >= 4 is 32.6 Å². The van der Waals surface area contributed by atoms with Gasteiger partial charge in [-0.25, -0.2) is 9.37 Å². The molecule has 1 amide bonds. The maximum Gasteiger partial charge on any atom is 0.257 e. The van der Waals surface area contributed by atoms with E-state index in [-0.39, 0.29) is 11.7 Å². The SMILES string of the molecule is Cc1ccc(C)n1-c1ccc(C(=O)Nc2nc3ccc(F)cc3s2)cc1. The minimum absolute atomic E-state index is 0.239. The number of aryl methyl sites for hydroxylation is 2. The fraction of sp³-hybridized carbons (Fsp3) is 0.100. The van der Waals surface area contributed by atoms with Crippen LogP contribution in [0.1, 0.15) is 21.7 Å². The highest BCUT2D eigenvalue weighted by molar-refractivity contribution is 7.22. The molecule has 0 unspecified atom stereocenters. The van der Waals surface area contributed by atoms with Gasteiger partial charge in [0.2, 0.25) is 0 Å². The minimum Gasteiger partial charge on any atom is -0.319 e. The largest absolute Gasteiger partial charge is 0.319 e. The van der Waals surface area contributed by atoms with E-state index in [1.165, 1.54) is 23.5 Å². The van der Waals surface area contributed by atoms with Crippen LogP contribution in [-0.2, 0) is 0 Å². The molecule has 0 fully saturated rings. The molecule has 4 nitrogen and oxygen atoms in total. The van der Waals surface area contributed by atoms with Gasteiger partial charge in [0.1, 0.15) is 5.82 Å². The summed E-state index contributed by atoms with van der Waals surface area (Å²) in [5.74, 6) is -0.553. The average molecular weight is 365 g/mol. The second kappa shape index (κ2) is 6.38. The second-order valence-corrected chi connectivity index (χ2v) is 7.11. The van der Waals surface area contributed by atoms with Gasteiger partial charge in [0.05, 0.1) is 10.2 Å². The van der Waals surface area contributed by atoms with Gasteiger partial charge in [-0.2, -0.15) is 0 Å². The number of nitrogens with zero attached hydrogens (tertiary/aromatic N) is 2. The van der Waals surface area contributed by atoms with E-state index in [1.807, 2.05) is 26.0 Å². The fourth-order valence-corrected chi connectivity index (χ4v) is 3.84. The standard InChI is InChI=1S/C20H16FN3OS/c1-12-3-4-13(2)24(12)16-8-5-14(6-9-16)19(25)23-20-22-17-10-7-15(21)11-18(17)26-20/h3-11H,1-2H3,(H,22,23,25). The normalized spacial score (nSPS) is 11.0. The molecule has 2 heterocycles. The molecule has 0 spiro atoms. The molecule has 6 heteroatoms. The number of hydrogen-bond acceptors (Lipinski definition) is 3. The number of carbonyl (C=O) groups is 1. The number of benzene rings is 2. The lowest BCUT2D eigenvalue weighted by Crippen LogP contribution is -2.11. The van der Waals surface area contributed by atoms with Gasteiger partial charge in [-0.05, 0) is 68.4 Å². The van der Waals surface area contributed by atoms with Crippen molar-refractivity contribution in [3.63, 3.8) is 0 Å². The van der Waals surface area contributed by atoms with E-state index in [0.717, 1.165) is 17.1 Å². The van der Waals surface area contributed by atoms with Gasteiger partial charge in [0.15, 0.2) is 5.13 Å². The number of aromatic nitrogens is 2. The van der Waals surface area contributed by atoms with Crippen LogP contribution >= 0.6 is 11.3 Å². The van der Waals surface area contributed by atoms with E-state index >= 15 is 0 Å². The van der Waals surface area contributed by atoms with Crippen molar-refractivity contribution < 1.29 is 9.18 Å². The fourth-order valence-electron chi connectivity index (χ4n) is 2.96. The average Bonchev–Trinajstić information content (AvgIpc) is 3.17. The second-order valence-electron chi connectivity index (χ2n) is 6.08. The number of carbonyl (C=O) groups excluding carboxylic acids is 1. The maximum atomic E-state index is 13.3. The van der Waals surface area contributed by atoms with Crippen molar-refractivity contribution in [1.29, 1.82) is 0 Å². The molecule has 4 aromatic rings. The van der Waals surface area contributed by atoms with Gasteiger partial charge in [0.25, 0.3) is 5.91 Å². The molecule has 0 aliphatic rings. The van der Waals surface area contributed by atoms with Crippen molar-refractivity contribution in [2.24, 2.45) is 0 Å². The molecular formula is C20H16FN3OS. The van der Waals surface area contributed by atoms with Gasteiger partial charge >= 0.3 is 0 Å². The molecule has 0 saturated carbocycles. The summed E-state index contributed by atoms with van der Waals surface area (Å²) in [7, 11) is 0. The molecule has 2 aromatic carbocycles. The first-order valence-electron chi connectivity index (χ1n) is 8.14. The quantitative estimate of drug-likeness (QED) is 0.549. The predicted octanol–water partition coefficient (Wildman–Crippen LogP) is 5.10. The number of thiazole rings is 1. The lowest BCUT2D eigenvalue weighted by atomic mass is 10.2. The zero-order chi connectivity index (χ0) is 18.3. The molecular weight excluding hydrogens is 349 g/mol. The van der Waals surface area contributed by atoms with Gasteiger partial charge in [-0.15, -0.1) is 0 Å². The summed E-state index contributed by atoms with van der Waals surface area (Å²) in [4.78, 5) is 16.8. The Morgan fingerprint density at radius 3 is 2.42 bits per heavy atom. The molecule has 0 radical (unpaired) electrons. The zero-order valence-electron chi connectivity index (χ0n) is 14.3. The van der Waals surface area contributed by atoms with E-state index < -0.39 is 0 Å². The van der Waals surface area contributed by atoms with Crippen molar-refractivity contribution in [3.05, 3.63) is 77.4 Å². The van der Waals surface area contributed by atoms with Crippen LogP contribution in [0.15, 0.2) is 54.6 Å². The van der Waals surface area contributed by atoms with Gasteiger partial charge in [-0.3, -0.25) is 10.1 Å². The first-order chi connectivity index (χ1) is 12.5. The Labute approximate surface area is 153 Å². The van der Waals surface area contributed by atoms with Crippen LogP contribution in [0.25, 0.3) is 15.9 Å². The molecule has 0 saturated heterocycles. The van der Waals surface area contributed by atoms with Crippen molar-refractivity contribution in [3.8, 4) is 5.69 Å². The Hall–Kier alpha value is -2.99. The minimum atomic E-state index is -0.315. The van der Waals surface area contributed by atoms with Crippen LogP contribution in [0.3, 0.4) is 0 Å². The molecule has 0 aliphatic heterocycles. The monoisotopic (exact) mass is 365 g/mol. The number of fused-ring (bicyclic) bond motifs is 1. The first kappa shape index (κ1) is 16.5. The Kier molecular flexibility index (Phi) is 4.05. The molecule has 130 valence electrons. The van der Waals surface area contributed by atoms with Gasteiger partial charge < -0.3 is 4.57 Å². The third-order valence-corrected chi connectivity index (χ3v) is 5.16.